The number of rotatable bonds is 8. The molecule has 0 bridgehead atoms. The average molecular weight is 291 g/mol. The van der Waals surface area contributed by atoms with Gasteiger partial charge in [-0.1, -0.05) is 33.6 Å². The third-order valence-electron chi connectivity index (χ3n) is 4.01. The Morgan fingerprint density at radius 3 is 2.48 bits per heavy atom. The first-order valence-electron chi connectivity index (χ1n) is 7.88. The Balaban J connectivity index is 2.58. The fraction of sp³-hybridized carbons (Fsp3) is 0.588. The van der Waals surface area contributed by atoms with Crippen molar-refractivity contribution in [3.8, 4) is 0 Å². The van der Waals surface area contributed by atoms with Gasteiger partial charge in [0, 0.05) is 17.9 Å². The van der Waals surface area contributed by atoms with Crippen LogP contribution in [0.3, 0.4) is 0 Å². The number of carbonyl (C=O) groups excluding carboxylic acids is 1. The lowest BCUT2D eigenvalue weighted by atomic mass is 10.0. The number of nitrogens with one attached hydrogen (secondary N) is 1. The van der Waals surface area contributed by atoms with E-state index >= 15 is 0 Å². The van der Waals surface area contributed by atoms with Gasteiger partial charge in [0.05, 0.1) is 6.54 Å². The first-order chi connectivity index (χ1) is 9.99. The van der Waals surface area contributed by atoms with Crippen LogP contribution in [0.15, 0.2) is 18.2 Å². The quantitative estimate of drug-likeness (QED) is 0.723. The maximum Gasteiger partial charge on any atom is 0.238 e. The molecule has 0 heterocycles. The molecule has 118 valence electrons. The van der Waals surface area contributed by atoms with Crippen LogP contribution in [0.1, 0.15) is 39.2 Å². The Hall–Kier alpha value is -1.55. The zero-order chi connectivity index (χ0) is 15.8. The van der Waals surface area contributed by atoms with E-state index < -0.39 is 0 Å². The van der Waals surface area contributed by atoms with E-state index in [4.69, 9.17) is 5.73 Å². The van der Waals surface area contributed by atoms with Gasteiger partial charge in [-0.05, 0) is 43.1 Å². The minimum Gasteiger partial charge on any atom is -0.399 e. The van der Waals surface area contributed by atoms with E-state index in [1.54, 1.807) is 0 Å². The SMILES string of the molecule is CCC(CC)CN(CC)CC(=O)Nc1ccc(N)cc1C. The summed E-state index contributed by atoms with van der Waals surface area (Å²) in [6.07, 6.45) is 2.32. The fourth-order valence-corrected chi connectivity index (χ4v) is 2.44. The molecule has 0 aliphatic carbocycles. The standard InChI is InChI=1S/C17H29N3O/c1-5-14(6-2)11-20(7-3)12-17(21)19-16-9-8-15(18)10-13(16)4/h8-10,14H,5-7,11-12,18H2,1-4H3,(H,19,21). The van der Waals surface area contributed by atoms with Crippen LogP contribution in [0, 0.1) is 12.8 Å². The van der Waals surface area contributed by atoms with Gasteiger partial charge in [-0.25, -0.2) is 0 Å². The van der Waals surface area contributed by atoms with Crippen molar-refractivity contribution in [2.45, 2.75) is 40.5 Å². The number of nitrogen functional groups attached to an aromatic ring is 1. The van der Waals surface area contributed by atoms with Crippen molar-refractivity contribution >= 4 is 17.3 Å². The number of benzene rings is 1. The van der Waals surface area contributed by atoms with Gasteiger partial charge >= 0.3 is 0 Å². The molecule has 0 radical (unpaired) electrons. The summed E-state index contributed by atoms with van der Waals surface area (Å²) in [7, 11) is 0. The van der Waals surface area contributed by atoms with Crippen LogP contribution in [0.25, 0.3) is 0 Å². The Morgan fingerprint density at radius 1 is 1.29 bits per heavy atom. The lowest BCUT2D eigenvalue weighted by Gasteiger charge is -2.24. The molecule has 0 atom stereocenters. The summed E-state index contributed by atoms with van der Waals surface area (Å²) in [6, 6.07) is 5.54. The normalized spacial score (nSPS) is 11.1. The topological polar surface area (TPSA) is 58.4 Å². The smallest absolute Gasteiger partial charge is 0.238 e. The number of carbonyl (C=O) groups is 1. The molecular weight excluding hydrogens is 262 g/mol. The molecule has 1 rings (SSSR count). The number of hydrogen-bond acceptors (Lipinski definition) is 3. The van der Waals surface area contributed by atoms with Crippen LogP contribution in [-0.2, 0) is 4.79 Å². The molecule has 1 aromatic rings. The van der Waals surface area contributed by atoms with Gasteiger partial charge in [-0.3, -0.25) is 9.69 Å². The minimum atomic E-state index is 0.0377. The Bertz CT molecular complexity index is 455. The van der Waals surface area contributed by atoms with E-state index in [1.165, 1.54) is 0 Å². The highest BCUT2D eigenvalue weighted by Crippen LogP contribution is 2.17. The van der Waals surface area contributed by atoms with Crippen LogP contribution in [0.2, 0.25) is 0 Å². The number of nitrogens with two attached hydrogens (primary N) is 1. The average Bonchev–Trinajstić information content (AvgIpc) is 2.46. The molecular formula is C17H29N3O. The lowest BCUT2D eigenvalue weighted by Crippen LogP contribution is -2.36. The zero-order valence-corrected chi connectivity index (χ0v) is 13.8. The summed E-state index contributed by atoms with van der Waals surface area (Å²) in [5.41, 5.74) is 8.27. The molecule has 0 saturated heterocycles. The highest BCUT2D eigenvalue weighted by Gasteiger charge is 2.14. The first kappa shape index (κ1) is 17.5. The molecule has 1 aromatic carbocycles. The first-order valence-corrected chi connectivity index (χ1v) is 7.88. The molecule has 0 aliphatic heterocycles. The third kappa shape index (κ3) is 5.76. The molecule has 0 fully saturated rings. The zero-order valence-electron chi connectivity index (χ0n) is 13.8. The Labute approximate surface area is 128 Å². The number of anilines is 2. The highest BCUT2D eigenvalue weighted by molar-refractivity contribution is 5.93. The van der Waals surface area contributed by atoms with Crippen molar-refractivity contribution in [3.63, 3.8) is 0 Å². The fourth-order valence-electron chi connectivity index (χ4n) is 2.44. The molecule has 0 aromatic heterocycles. The van der Waals surface area contributed by atoms with Crippen molar-refractivity contribution in [1.82, 2.24) is 4.90 Å². The van der Waals surface area contributed by atoms with Crippen LogP contribution in [0.4, 0.5) is 11.4 Å². The third-order valence-corrected chi connectivity index (χ3v) is 4.01. The second-order valence-electron chi connectivity index (χ2n) is 5.63. The molecule has 4 nitrogen and oxygen atoms in total. The molecule has 1 amide bonds. The van der Waals surface area contributed by atoms with Gasteiger partial charge in [0.2, 0.25) is 5.91 Å². The lowest BCUT2D eigenvalue weighted by molar-refractivity contribution is -0.117. The van der Waals surface area contributed by atoms with Gasteiger partial charge in [-0.2, -0.15) is 0 Å². The summed E-state index contributed by atoms with van der Waals surface area (Å²) in [4.78, 5) is 14.4. The number of amides is 1. The van der Waals surface area contributed by atoms with Gasteiger partial charge in [0.1, 0.15) is 0 Å². The van der Waals surface area contributed by atoms with Crippen molar-refractivity contribution in [3.05, 3.63) is 23.8 Å². The van der Waals surface area contributed by atoms with Crippen molar-refractivity contribution < 1.29 is 4.79 Å². The second kappa shape index (κ2) is 8.67. The number of nitrogens with zero attached hydrogens (tertiary/aromatic N) is 1. The van der Waals surface area contributed by atoms with Crippen LogP contribution in [-0.4, -0.2) is 30.4 Å². The van der Waals surface area contributed by atoms with E-state index in [0.717, 1.165) is 42.9 Å². The summed E-state index contributed by atoms with van der Waals surface area (Å²) < 4.78 is 0. The molecule has 21 heavy (non-hydrogen) atoms. The predicted molar refractivity (Wildman–Crippen MR) is 90.4 cm³/mol. The van der Waals surface area contributed by atoms with Crippen molar-refractivity contribution in [2.24, 2.45) is 5.92 Å². The van der Waals surface area contributed by atoms with Crippen LogP contribution < -0.4 is 11.1 Å². The maximum absolute atomic E-state index is 12.2. The van der Waals surface area contributed by atoms with Gasteiger partial charge in [0.25, 0.3) is 0 Å². The van der Waals surface area contributed by atoms with Crippen molar-refractivity contribution in [2.75, 3.05) is 30.7 Å². The molecule has 0 unspecified atom stereocenters. The molecule has 3 N–H and O–H groups in total. The summed E-state index contributed by atoms with van der Waals surface area (Å²) in [5.74, 6) is 0.701. The molecule has 0 aliphatic rings. The largest absolute Gasteiger partial charge is 0.399 e. The van der Waals surface area contributed by atoms with E-state index in [2.05, 4.69) is 31.0 Å². The summed E-state index contributed by atoms with van der Waals surface area (Å²) in [6.45, 7) is 10.8. The number of hydrogen-bond donors (Lipinski definition) is 2. The predicted octanol–water partition coefficient (Wildman–Crippen LogP) is 3.27. The Kier molecular flexibility index (Phi) is 7.23. The highest BCUT2D eigenvalue weighted by atomic mass is 16.2. The maximum atomic E-state index is 12.2. The van der Waals surface area contributed by atoms with Crippen LogP contribution in [0.5, 0.6) is 0 Å². The monoisotopic (exact) mass is 291 g/mol. The Morgan fingerprint density at radius 2 is 1.95 bits per heavy atom. The van der Waals surface area contributed by atoms with Gasteiger partial charge < -0.3 is 11.1 Å². The second-order valence-corrected chi connectivity index (χ2v) is 5.63. The summed E-state index contributed by atoms with van der Waals surface area (Å²) >= 11 is 0. The molecule has 0 saturated carbocycles. The molecule has 0 spiro atoms. The van der Waals surface area contributed by atoms with Gasteiger partial charge in [0.15, 0.2) is 0 Å². The van der Waals surface area contributed by atoms with E-state index in [9.17, 15) is 4.79 Å². The minimum absolute atomic E-state index is 0.0377. The van der Waals surface area contributed by atoms with Crippen molar-refractivity contribution in [1.29, 1.82) is 0 Å². The molecule has 4 heteroatoms. The van der Waals surface area contributed by atoms with Gasteiger partial charge in [-0.15, -0.1) is 0 Å². The number of likely N-dealkylation sites (N-methyl/N-ethyl adjacent to an activating group) is 1. The van der Waals surface area contributed by atoms with Crippen LogP contribution >= 0.6 is 0 Å². The van der Waals surface area contributed by atoms with E-state index in [1.807, 2.05) is 25.1 Å². The van der Waals surface area contributed by atoms with E-state index in [-0.39, 0.29) is 5.91 Å². The van der Waals surface area contributed by atoms with E-state index in [0.29, 0.717) is 12.5 Å². The summed E-state index contributed by atoms with van der Waals surface area (Å²) in [5, 5.41) is 2.98. The number of aryl methyl sites for hydroxylation is 1.